The van der Waals surface area contributed by atoms with Gasteiger partial charge in [-0.2, -0.15) is 5.26 Å². The first-order valence-electron chi connectivity index (χ1n) is 22.9. The van der Waals surface area contributed by atoms with Gasteiger partial charge < -0.3 is 23.3 Å². The van der Waals surface area contributed by atoms with Crippen molar-refractivity contribution in [1.82, 2.24) is 5.09 Å². The summed E-state index contributed by atoms with van der Waals surface area (Å²) in [6.07, 6.45) is 1.78. The Morgan fingerprint density at radius 1 is 0.478 bits per heavy atom. The first-order valence-corrected chi connectivity index (χ1v) is 24.1. The van der Waals surface area contributed by atoms with Crippen LogP contribution >= 0.6 is 8.53 Å². The molecule has 67 heavy (non-hydrogen) atoms. The monoisotopic (exact) mass is 904 g/mol. The Kier molecular flexibility index (Phi) is 15.9. The van der Waals surface area contributed by atoms with Crippen LogP contribution < -0.4 is 14.6 Å². The summed E-state index contributed by atoms with van der Waals surface area (Å²) >= 11 is 0. The molecule has 1 unspecified atom stereocenters. The molecule has 338 valence electrons. The molecule has 8 heteroatoms. The van der Waals surface area contributed by atoms with Crippen molar-refractivity contribution in [2.24, 2.45) is 0 Å². The topological polar surface area (TPSA) is 82.0 Å². The number of nitriles is 1. The van der Waals surface area contributed by atoms with Crippen LogP contribution in [0.3, 0.4) is 0 Å². The number of benzene rings is 7. The zero-order chi connectivity index (χ0) is 46.4. The summed E-state index contributed by atoms with van der Waals surface area (Å²) in [5.74, 6) is 1.58. The van der Waals surface area contributed by atoms with Crippen molar-refractivity contribution in [3.63, 3.8) is 0 Å². The second kappa shape index (κ2) is 22.7. The molecule has 1 N–H and O–H groups in total. The maximum absolute atomic E-state index is 8.97. The van der Waals surface area contributed by atoms with Crippen molar-refractivity contribution in [2.45, 2.75) is 44.8 Å². The van der Waals surface area contributed by atoms with E-state index in [4.69, 9.17) is 28.5 Å². The average molecular weight is 905 g/mol. The van der Waals surface area contributed by atoms with Gasteiger partial charge in [-0.05, 0) is 123 Å². The van der Waals surface area contributed by atoms with Gasteiger partial charge in [0.25, 0.3) is 8.53 Å². The molecule has 0 amide bonds. The summed E-state index contributed by atoms with van der Waals surface area (Å²) in [6.45, 7) is 5.45. The lowest BCUT2D eigenvalue weighted by molar-refractivity contribution is 0.0147. The number of hydrogen-bond acceptors (Lipinski definition) is 7. The van der Waals surface area contributed by atoms with Crippen LogP contribution in [0.4, 0.5) is 0 Å². The predicted octanol–water partition coefficient (Wildman–Crippen LogP) is 13.5. The van der Waals surface area contributed by atoms with E-state index in [-0.39, 0.29) is 6.04 Å². The van der Waals surface area contributed by atoms with Crippen LogP contribution in [0.25, 0.3) is 22.3 Å². The van der Waals surface area contributed by atoms with E-state index in [1.807, 2.05) is 30.3 Å². The van der Waals surface area contributed by atoms with Gasteiger partial charge in [0.15, 0.2) is 0 Å². The second-order valence-corrected chi connectivity index (χ2v) is 17.9. The Labute approximate surface area is 397 Å². The molecule has 7 nitrogen and oxygen atoms in total. The molecule has 0 aliphatic heterocycles. The standard InChI is InChI=1S/C59H57N2O5P/c1-43(2)61-67(65-40-14-39-60)66-42-38-45-23-27-49(28-24-45)58-55(46-15-8-5-9-16-46)57(56(58)47-17-10-6-11-18-47)48-25-21-44(22-26-48)37-41-64-59(50-19-12-7-13-20-50,51-29-33-53(62-3)34-30-51)52-31-35-54(63-4)36-32-52/h5-13,15-36,43,61H,14,37-38,40-42H2,1-4H3. The van der Waals surface area contributed by atoms with E-state index in [0.717, 1.165) is 34.6 Å². The Bertz CT molecular complexity index is 2720. The first-order chi connectivity index (χ1) is 32.9. The third-order valence-corrected chi connectivity index (χ3v) is 13.4. The molecule has 1 atom stereocenters. The zero-order valence-corrected chi connectivity index (χ0v) is 39.5. The lowest BCUT2D eigenvalue weighted by atomic mass is 9.69. The average Bonchev–Trinajstić information content (AvgIpc) is 3.37. The summed E-state index contributed by atoms with van der Waals surface area (Å²) in [6, 6.07) is 68.5. The van der Waals surface area contributed by atoms with Gasteiger partial charge >= 0.3 is 0 Å². The number of rotatable bonds is 22. The second-order valence-electron chi connectivity index (χ2n) is 16.6. The molecule has 0 fully saturated rings. The van der Waals surface area contributed by atoms with Crippen LogP contribution in [0.1, 0.15) is 70.3 Å². The molecule has 0 saturated heterocycles. The SMILES string of the molecule is COc1ccc(C(OCCc2ccc(C3=C(c4ccccc4)C(c4ccc(CCOP(NC(C)C)OCCC#N)cc4)=C3c3ccccc3)cc2)(c2ccccc2)c2ccc(OC)cc2)cc1. The normalized spacial score (nSPS) is 13.0. The molecule has 0 saturated carbocycles. The van der Waals surface area contributed by atoms with Gasteiger partial charge in [-0.3, -0.25) is 0 Å². The Hall–Kier alpha value is -6.62. The lowest BCUT2D eigenvalue weighted by Crippen LogP contribution is -2.33. The van der Waals surface area contributed by atoms with Crippen molar-refractivity contribution in [3.05, 3.63) is 238 Å². The molecule has 7 aromatic rings. The minimum atomic E-state index is -1.28. The molecule has 1 aliphatic rings. The predicted molar refractivity (Wildman–Crippen MR) is 272 cm³/mol. The smallest absolute Gasteiger partial charge is 0.256 e. The van der Waals surface area contributed by atoms with Crippen LogP contribution in [-0.4, -0.2) is 40.1 Å². The third-order valence-electron chi connectivity index (χ3n) is 11.9. The van der Waals surface area contributed by atoms with Crippen molar-refractivity contribution in [3.8, 4) is 17.6 Å². The third kappa shape index (κ3) is 11.0. The quantitative estimate of drug-likeness (QED) is 0.0412. The van der Waals surface area contributed by atoms with Crippen LogP contribution in [-0.2, 0) is 32.2 Å². The van der Waals surface area contributed by atoms with E-state index in [2.05, 4.69) is 183 Å². The van der Waals surface area contributed by atoms with Crippen LogP contribution in [0.2, 0.25) is 0 Å². The molecule has 0 spiro atoms. The van der Waals surface area contributed by atoms with Gasteiger partial charge in [0.2, 0.25) is 0 Å². The van der Waals surface area contributed by atoms with Gasteiger partial charge in [0.05, 0.1) is 46.5 Å². The summed E-state index contributed by atoms with van der Waals surface area (Å²) in [5, 5.41) is 12.3. The Morgan fingerprint density at radius 3 is 1.28 bits per heavy atom. The minimum Gasteiger partial charge on any atom is -0.497 e. The number of nitrogens with one attached hydrogen (secondary N) is 1. The molecular weight excluding hydrogens is 848 g/mol. The van der Waals surface area contributed by atoms with E-state index in [1.54, 1.807) is 14.2 Å². The highest BCUT2D eigenvalue weighted by Crippen LogP contribution is 2.56. The molecule has 0 heterocycles. The van der Waals surface area contributed by atoms with Gasteiger partial charge in [0.1, 0.15) is 17.1 Å². The first kappa shape index (κ1) is 46.9. The lowest BCUT2D eigenvalue weighted by Gasteiger charge is -2.36. The number of methoxy groups -OCH3 is 2. The molecule has 8 rings (SSSR count). The summed E-state index contributed by atoms with van der Waals surface area (Å²) in [4.78, 5) is 0. The fraction of sp³-hybridized carbons (Fsp3) is 0.203. The maximum Gasteiger partial charge on any atom is 0.256 e. The summed E-state index contributed by atoms with van der Waals surface area (Å²) in [5.41, 5.74) is 14.2. The van der Waals surface area contributed by atoms with E-state index >= 15 is 0 Å². The van der Waals surface area contributed by atoms with E-state index in [9.17, 15) is 0 Å². The molecular formula is C59H57N2O5P. The van der Waals surface area contributed by atoms with E-state index in [1.165, 1.54) is 55.7 Å². The summed E-state index contributed by atoms with van der Waals surface area (Å²) < 4.78 is 30.3. The largest absolute Gasteiger partial charge is 0.497 e. The van der Waals surface area contributed by atoms with Crippen LogP contribution in [0.15, 0.2) is 188 Å². The van der Waals surface area contributed by atoms with Crippen molar-refractivity contribution >= 4 is 30.8 Å². The number of ether oxygens (including phenoxy) is 3. The maximum atomic E-state index is 8.97. The fourth-order valence-electron chi connectivity index (χ4n) is 8.62. The highest BCUT2D eigenvalue weighted by Gasteiger charge is 2.38. The van der Waals surface area contributed by atoms with Gasteiger partial charge in [-0.1, -0.05) is 164 Å². The Balaban J connectivity index is 1.07. The van der Waals surface area contributed by atoms with Crippen molar-refractivity contribution in [2.75, 3.05) is 34.0 Å². The van der Waals surface area contributed by atoms with E-state index < -0.39 is 14.1 Å². The molecule has 0 bridgehead atoms. The molecule has 1 aliphatic carbocycles. The van der Waals surface area contributed by atoms with Gasteiger partial charge in [-0.15, -0.1) is 0 Å². The number of nitrogens with zero attached hydrogens (tertiary/aromatic N) is 1. The highest BCUT2D eigenvalue weighted by atomic mass is 31.2. The Morgan fingerprint density at radius 2 is 0.866 bits per heavy atom. The fourth-order valence-corrected chi connectivity index (χ4v) is 9.78. The van der Waals surface area contributed by atoms with Gasteiger partial charge in [-0.25, -0.2) is 5.09 Å². The van der Waals surface area contributed by atoms with Crippen molar-refractivity contribution in [1.29, 1.82) is 5.26 Å². The van der Waals surface area contributed by atoms with Crippen LogP contribution in [0, 0.1) is 11.3 Å². The number of allylic oxidation sites excluding steroid dienone is 4. The van der Waals surface area contributed by atoms with E-state index in [0.29, 0.717) is 32.7 Å². The van der Waals surface area contributed by atoms with Crippen LogP contribution in [0.5, 0.6) is 11.5 Å². The minimum absolute atomic E-state index is 0.208. The van der Waals surface area contributed by atoms with Gasteiger partial charge in [0, 0.05) is 6.04 Å². The number of hydrogen-bond donors (Lipinski definition) is 1. The highest BCUT2D eigenvalue weighted by molar-refractivity contribution is 7.45. The zero-order valence-electron chi connectivity index (χ0n) is 38.7. The molecule has 0 aromatic heterocycles. The van der Waals surface area contributed by atoms with Crippen molar-refractivity contribution < 1.29 is 23.3 Å². The molecule has 7 aromatic carbocycles. The summed E-state index contributed by atoms with van der Waals surface area (Å²) in [7, 11) is 2.09. The molecule has 0 radical (unpaired) electrons.